The Morgan fingerprint density at radius 3 is 2.50 bits per heavy atom. The summed E-state index contributed by atoms with van der Waals surface area (Å²) >= 11 is 0. The Bertz CT molecular complexity index is 557. The molecule has 0 saturated carbocycles. The average molecular weight is 278 g/mol. The molecule has 0 N–H and O–H groups in total. The van der Waals surface area contributed by atoms with E-state index in [9.17, 15) is 9.59 Å². The second-order valence-electron chi connectivity index (χ2n) is 5.17. The third kappa shape index (κ3) is 2.71. The zero-order valence-corrected chi connectivity index (χ0v) is 12.4. The summed E-state index contributed by atoms with van der Waals surface area (Å²) in [5.41, 5.74) is 1.79. The number of aryl methyl sites for hydroxylation is 1. The Hall–Kier alpha value is -1.78. The molecule has 20 heavy (non-hydrogen) atoms. The van der Waals surface area contributed by atoms with Crippen molar-refractivity contribution in [1.29, 1.82) is 0 Å². The van der Waals surface area contributed by atoms with Crippen molar-refractivity contribution in [2.75, 3.05) is 24.7 Å². The standard InChI is InChI=1S/C15H22N2O3/c1-4-20-15(19)14-11(2)10-13(18)17(12(14)3)16-8-6-5-7-9-16/h10H,4-9H2,1-3H3. The zero-order chi connectivity index (χ0) is 14.7. The quantitative estimate of drug-likeness (QED) is 0.791. The summed E-state index contributed by atoms with van der Waals surface area (Å²) in [6.45, 7) is 7.42. The van der Waals surface area contributed by atoms with E-state index in [0.29, 0.717) is 23.4 Å². The highest BCUT2D eigenvalue weighted by Crippen LogP contribution is 2.15. The van der Waals surface area contributed by atoms with Gasteiger partial charge in [-0.05, 0) is 45.6 Å². The van der Waals surface area contributed by atoms with Crippen molar-refractivity contribution >= 4 is 5.97 Å². The minimum atomic E-state index is -0.353. The molecule has 0 aliphatic carbocycles. The van der Waals surface area contributed by atoms with Crippen molar-refractivity contribution in [2.45, 2.75) is 40.0 Å². The lowest BCUT2D eigenvalue weighted by Gasteiger charge is -2.32. The zero-order valence-electron chi connectivity index (χ0n) is 12.4. The van der Waals surface area contributed by atoms with Crippen LogP contribution in [0.1, 0.15) is 47.8 Å². The average Bonchev–Trinajstić information content (AvgIpc) is 2.39. The van der Waals surface area contributed by atoms with Crippen molar-refractivity contribution in [3.63, 3.8) is 0 Å². The molecule has 0 unspecified atom stereocenters. The number of esters is 1. The van der Waals surface area contributed by atoms with Gasteiger partial charge in [-0.1, -0.05) is 0 Å². The van der Waals surface area contributed by atoms with E-state index in [4.69, 9.17) is 4.74 Å². The first-order chi connectivity index (χ1) is 9.56. The van der Waals surface area contributed by atoms with Crippen LogP contribution in [-0.4, -0.2) is 30.3 Å². The van der Waals surface area contributed by atoms with E-state index in [-0.39, 0.29) is 11.5 Å². The van der Waals surface area contributed by atoms with Crippen LogP contribution in [0.4, 0.5) is 0 Å². The van der Waals surface area contributed by atoms with Gasteiger partial charge in [0.15, 0.2) is 0 Å². The summed E-state index contributed by atoms with van der Waals surface area (Å²) in [4.78, 5) is 24.3. The molecule has 0 bridgehead atoms. The first-order valence-electron chi connectivity index (χ1n) is 7.22. The van der Waals surface area contributed by atoms with E-state index in [1.54, 1.807) is 18.5 Å². The lowest BCUT2D eigenvalue weighted by Crippen LogP contribution is -2.47. The SMILES string of the molecule is CCOC(=O)c1c(C)cc(=O)n(N2CCCCC2)c1C. The Morgan fingerprint density at radius 1 is 1.25 bits per heavy atom. The number of pyridine rings is 1. The van der Waals surface area contributed by atoms with Crippen LogP contribution < -0.4 is 10.6 Å². The van der Waals surface area contributed by atoms with Crippen molar-refractivity contribution in [3.8, 4) is 0 Å². The molecule has 0 atom stereocenters. The van der Waals surface area contributed by atoms with Gasteiger partial charge < -0.3 is 9.75 Å². The largest absolute Gasteiger partial charge is 0.462 e. The highest BCUT2D eigenvalue weighted by Gasteiger charge is 2.21. The molecular formula is C15H22N2O3. The molecule has 5 heteroatoms. The Kier molecular flexibility index (Phi) is 4.47. The molecule has 2 heterocycles. The van der Waals surface area contributed by atoms with Gasteiger partial charge in [-0.3, -0.25) is 4.79 Å². The fourth-order valence-electron chi connectivity index (χ4n) is 2.82. The smallest absolute Gasteiger partial charge is 0.340 e. The maximum atomic E-state index is 12.3. The number of rotatable bonds is 3. The predicted octanol–water partition coefficient (Wildman–Crippen LogP) is 1.76. The van der Waals surface area contributed by atoms with E-state index < -0.39 is 0 Å². The molecule has 5 nitrogen and oxygen atoms in total. The van der Waals surface area contributed by atoms with Gasteiger partial charge >= 0.3 is 5.97 Å². The third-order valence-electron chi connectivity index (χ3n) is 3.72. The van der Waals surface area contributed by atoms with Crippen LogP contribution in [0.3, 0.4) is 0 Å². The molecule has 1 aliphatic heterocycles. The Balaban J connectivity index is 2.49. The number of ether oxygens (including phenoxy) is 1. The molecule has 0 aromatic carbocycles. The molecular weight excluding hydrogens is 256 g/mol. The molecule has 1 aromatic heterocycles. The van der Waals surface area contributed by atoms with Crippen LogP contribution in [0.15, 0.2) is 10.9 Å². The van der Waals surface area contributed by atoms with Crippen molar-refractivity contribution < 1.29 is 9.53 Å². The molecule has 110 valence electrons. The van der Waals surface area contributed by atoms with Crippen LogP contribution in [0, 0.1) is 13.8 Å². The molecule has 2 rings (SSSR count). The third-order valence-corrected chi connectivity index (χ3v) is 3.72. The van der Waals surface area contributed by atoms with E-state index in [0.717, 1.165) is 25.9 Å². The highest BCUT2D eigenvalue weighted by atomic mass is 16.5. The summed E-state index contributed by atoms with van der Waals surface area (Å²) in [5.74, 6) is -0.353. The van der Waals surface area contributed by atoms with Crippen LogP contribution in [0.25, 0.3) is 0 Å². The summed E-state index contributed by atoms with van der Waals surface area (Å²) in [7, 11) is 0. The molecule has 1 aromatic rings. The van der Waals surface area contributed by atoms with E-state index >= 15 is 0 Å². The maximum Gasteiger partial charge on any atom is 0.340 e. The van der Waals surface area contributed by atoms with Gasteiger partial charge in [0.05, 0.1) is 17.9 Å². The van der Waals surface area contributed by atoms with E-state index in [1.807, 2.05) is 11.9 Å². The minimum Gasteiger partial charge on any atom is -0.462 e. The second-order valence-corrected chi connectivity index (χ2v) is 5.17. The van der Waals surface area contributed by atoms with Crippen LogP contribution in [-0.2, 0) is 4.74 Å². The van der Waals surface area contributed by atoms with Gasteiger partial charge in [0.1, 0.15) is 0 Å². The summed E-state index contributed by atoms with van der Waals surface area (Å²) in [6.07, 6.45) is 3.35. The lowest BCUT2D eigenvalue weighted by molar-refractivity contribution is 0.0523. The number of carbonyl (C=O) groups excluding carboxylic acids is 1. The molecule has 1 aliphatic rings. The predicted molar refractivity (Wildman–Crippen MR) is 77.9 cm³/mol. The van der Waals surface area contributed by atoms with Gasteiger partial charge in [0.2, 0.25) is 0 Å². The van der Waals surface area contributed by atoms with Crippen LogP contribution in [0.5, 0.6) is 0 Å². The number of hydrogen-bond acceptors (Lipinski definition) is 4. The monoisotopic (exact) mass is 278 g/mol. The first kappa shape index (κ1) is 14.6. The molecule has 0 amide bonds. The second kappa shape index (κ2) is 6.11. The number of aromatic nitrogens is 1. The summed E-state index contributed by atoms with van der Waals surface area (Å²) in [5, 5.41) is 2.03. The number of carbonyl (C=O) groups is 1. The van der Waals surface area contributed by atoms with Gasteiger partial charge in [-0.15, -0.1) is 0 Å². The van der Waals surface area contributed by atoms with Crippen molar-refractivity contribution in [3.05, 3.63) is 33.2 Å². The number of hydrogen-bond donors (Lipinski definition) is 0. The van der Waals surface area contributed by atoms with Crippen molar-refractivity contribution in [1.82, 2.24) is 4.68 Å². The number of nitrogens with zero attached hydrogens (tertiary/aromatic N) is 2. The van der Waals surface area contributed by atoms with Gasteiger partial charge in [0.25, 0.3) is 5.56 Å². The molecule has 0 radical (unpaired) electrons. The summed E-state index contributed by atoms with van der Waals surface area (Å²) in [6, 6.07) is 1.52. The lowest BCUT2D eigenvalue weighted by atomic mass is 10.1. The minimum absolute atomic E-state index is 0.0741. The van der Waals surface area contributed by atoms with Gasteiger partial charge in [0, 0.05) is 19.2 Å². The van der Waals surface area contributed by atoms with Crippen LogP contribution >= 0.6 is 0 Å². The molecule has 1 fully saturated rings. The van der Waals surface area contributed by atoms with E-state index in [2.05, 4.69) is 0 Å². The normalized spacial score (nSPS) is 15.2. The first-order valence-corrected chi connectivity index (χ1v) is 7.22. The fraction of sp³-hybridized carbons (Fsp3) is 0.600. The Morgan fingerprint density at radius 2 is 1.90 bits per heavy atom. The van der Waals surface area contributed by atoms with Gasteiger partial charge in [-0.25, -0.2) is 9.47 Å². The molecule has 0 spiro atoms. The van der Waals surface area contributed by atoms with Crippen LogP contribution in [0.2, 0.25) is 0 Å². The maximum absolute atomic E-state index is 12.3. The summed E-state index contributed by atoms with van der Waals surface area (Å²) < 4.78 is 6.74. The number of piperidine rings is 1. The topological polar surface area (TPSA) is 51.5 Å². The van der Waals surface area contributed by atoms with E-state index in [1.165, 1.54) is 12.5 Å². The van der Waals surface area contributed by atoms with Crippen molar-refractivity contribution in [2.24, 2.45) is 0 Å². The Labute approximate surface area is 119 Å². The van der Waals surface area contributed by atoms with Gasteiger partial charge in [-0.2, -0.15) is 0 Å². The molecule has 1 saturated heterocycles. The highest BCUT2D eigenvalue weighted by molar-refractivity contribution is 5.92. The fourth-order valence-corrected chi connectivity index (χ4v) is 2.82.